The fourth-order valence-corrected chi connectivity index (χ4v) is 2.72. The molecule has 0 spiro atoms. The van der Waals surface area contributed by atoms with Gasteiger partial charge in [-0.3, -0.25) is 14.5 Å². The maximum Gasteiger partial charge on any atom is 0.323 e. The number of para-hydroxylation sites is 1. The van der Waals surface area contributed by atoms with Crippen molar-refractivity contribution in [1.82, 2.24) is 10.2 Å². The highest BCUT2D eigenvalue weighted by Gasteiger charge is 2.37. The van der Waals surface area contributed by atoms with Gasteiger partial charge in [0.15, 0.2) is 0 Å². The Kier molecular flexibility index (Phi) is 5.95. The van der Waals surface area contributed by atoms with E-state index in [0.717, 1.165) is 5.56 Å². The topological polar surface area (TPSA) is 88.1 Å². The van der Waals surface area contributed by atoms with Crippen LogP contribution in [0.3, 0.4) is 0 Å². The molecule has 7 nitrogen and oxygen atoms in total. The Hall–Kier alpha value is -2.12. The lowest BCUT2D eigenvalue weighted by atomic mass is 10.2. The Balaban J connectivity index is 1.90. The normalized spacial score (nSPS) is 21.0. The standard InChI is InChI=1S/C16H22N2O5/c1-22-14-6-4-3-5-11(14)8-17-15(20)10-18-9-12(19)7-13(18)16(21)23-2/h3-6,12-13,19H,7-10H2,1-2H3,(H,17,20)/t12-,13+/m0/s1. The van der Waals surface area contributed by atoms with Gasteiger partial charge in [0.05, 0.1) is 26.9 Å². The number of hydrogen-bond acceptors (Lipinski definition) is 6. The highest BCUT2D eigenvalue weighted by Crippen LogP contribution is 2.19. The smallest absolute Gasteiger partial charge is 0.323 e. The van der Waals surface area contributed by atoms with Crippen LogP contribution in [0.1, 0.15) is 12.0 Å². The fourth-order valence-electron chi connectivity index (χ4n) is 2.72. The van der Waals surface area contributed by atoms with E-state index in [9.17, 15) is 14.7 Å². The lowest BCUT2D eigenvalue weighted by molar-refractivity contribution is -0.146. The van der Waals surface area contributed by atoms with E-state index in [1.54, 1.807) is 12.0 Å². The highest BCUT2D eigenvalue weighted by atomic mass is 16.5. The largest absolute Gasteiger partial charge is 0.496 e. The predicted molar refractivity (Wildman–Crippen MR) is 82.8 cm³/mol. The van der Waals surface area contributed by atoms with Gasteiger partial charge in [-0.25, -0.2) is 0 Å². The summed E-state index contributed by atoms with van der Waals surface area (Å²) in [6.45, 7) is 0.649. The van der Waals surface area contributed by atoms with Crippen LogP contribution in [-0.4, -0.2) is 61.3 Å². The summed E-state index contributed by atoms with van der Waals surface area (Å²) < 4.78 is 9.95. The van der Waals surface area contributed by atoms with Crippen molar-refractivity contribution in [3.63, 3.8) is 0 Å². The number of benzene rings is 1. The molecule has 1 heterocycles. The van der Waals surface area contributed by atoms with Crippen molar-refractivity contribution in [3.05, 3.63) is 29.8 Å². The first-order chi connectivity index (χ1) is 11.0. The minimum absolute atomic E-state index is 0.0337. The van der Waals surface area contributed by atoms with E-state index >= 15 is 0 Å². The number of likely N-dealkylation sites (tertiary alicyclic amines) is 1. The maximum absolute atomic E-state index is 12.1. The molecule has 1 fully saturated rings. The first-order valence-electron chi connectivity index (χ1n) is 7.43. The molecule has 1 aromatic rings. The van der Waals surface area contributed by atoms with Gasteiger partial charge in [-0.05, 0) is 6.07 Å². The van der Waals surface area contributed by atoms with Gasteiger partial charge in [0.2, 0.25) is 5.91 Å². The average molecular weight is 322 g/mol. The highest BCUT2D eigenvalue weighted by molar-refractivity contribution is 5.81. The number of amides is 1. The molecule has 0 aromatic heterocycles. The minimum Gasteiger partial charge on any atom is -0.496 e. The van der Waals surface area contributed by atoms with Crippen LogP contribution >= 0.6 is 0 Å². The second-order valence-electron chi connectivity index (χ2n) is 5.45. The number of hydrogen-bond donors (Lipinski definition) is 2. The van der Waals surface area contributed by atoms with Crippen LogP contribution in [0.4, 0.5) is 0 Å². The molecule has 2 rings (SSSR count). The third-order valence-corrected chi connectivity index (χ3v) is 3.87. The molecular formula is C16H22N2O5. The Morgan fingerprint density at radius 2 is 2.09 bits per heavy atom. The van der Waals surface area contributed by atoms with Crippen LogP contribution in [0, 0.1) is 0 Å². The van der Waals surface area contributed by atoms with Gasteiger partial charge in [0, 0.05) is 25.1 Å². The Bertz CT molecular complexity index is 563. The van der Waals surface area contributed by atoms with Gasteiger partial charge in [0.1, 0.15) is 11.8 Å². The van der Waals surface area contributed by atoms with E-state index in [0.29, 0.717) is 12.3 Å². The van der Waals surface area contributed by atoms with Gasteiger partial charge >= 0.3 is 5.97 Å². The summed E-state index contributed by atoms with van der Waals surface area (Å²) in [6.07, 6.45) is -0.340. The summed E-state index contributed by atoms with van der Waals surface area (Å²) in [5, 5.41) is 12.5. The summed E-state index contributed by atoms with van der Waals surface area (Å²) in [6, 6.07) is 6.85. The number of methoxy groups -OCH3 is 2. The Morgan fingerprint density at radius 1 is 1.35 bits per heavy atom. The van der Waals surface area contributed by atoms with E-state index in [1.165, 1.54) is 7.11 Å². The molecule has 0 saturated carbocycles. The summed E-state index contributed by atoms with van der Waals surface area (Å²) in [7, 11) is 2.88. The van der Waals surface area contributed by atoms with Gasteiger partial charge in [-0.2, -0.15) is 0 Å². The van der Waals surface area contributed by atoms with Gasteiger partial charge in [0.25, 0.3) is 0 Å². The molecule has 0 aliphatic carbocycles. The molecule has 2 atom stereocenters. The zero-order valence-corrected chi connectivity index (χ0v) is 13.3. The van der Waals surface area contributed by atoms with E-state index in [-0.39, 0.29) is 25.4 Å². The number of aliphatic hydroxyl groups excluding tert-OH is 1. The van der Waals surface area contributed by atoms with Crippen LogP contribution in [0.5, 0.6) is 5.75 Å². The minimum atomic E-state index is -0.624. The van der Waals surface area contributed by atoms with Crippen molar-refractivity contribution < 1.29 is 24.2 Å². The molecule has 7 heteroatoms. The van der Waals surface area contributed by atoms with Crippen molar-refractivity contribution in [2.24, 2.45) is 0 Å². The zero-order valence-electron chi connectivity index (χ0n) is 13.3. The first kappa shape index (κ1) is 17.2. The van der Waals surface area contributed by atoms with Crippen LogP contribution in [0.2, 0.25) is 0 Å². The van der Waals surface area contributed by atoms with Crippen molar-refractivity contribution in [3.8, 4) is 5.75 Å². The van der Waals surface area contributed by atoms with Crippen molar-refractivity contribution in [2.45, 2.75) is 25.1 Å². The second kappa shape index (κ2) is 7.94. The third kappa shape index (κ3) is 4.43. The van der Waals surface area contributed by atoms with E-state index in [2.05, 4.69) is 5.32 Å². The lowest BCUT2D eigenvalue weighted by Crippen LogP contribution is -2.43. The number of rotatable bonds is 6. The van der Waals surface area contributed by atoms with E-state index < -0.39 is 18.1 Å². The Labute approximate surface area is 135 Å². The second-order valence-corrected chi connectivity index (χ2v) is 5.45. The number of carbonyl (C=O) groups excluding carboxylic acids is 2. The predicted octanol–water partition coefficient (Wildman–Crippen LogP) is -0.0804. The number of esters is 1. The van der Waals surface area contributed by atoms with Gasteiger partial charge in [-0.1, -0.05) is 18.2 Å². The molecule has 1 saturated heterocycles. The molecule has 23 heavy (non-hydrogen) atoms. The molecule has 0 radical (unpaired) electrons. The molecule has 1 aliphatic heterocycles. The van der Waals surface area contributed by atoms with E-state index in [4.69, 9.17) is 9.47 Å². The number of nitrogens with zero attached hydrogens (tertiary/aromatic N) is 1. The SMILES string of the molecule is COC(=O)[C@H]1C[C@H](O)CN1CC(=O)NCc1ccccc1OC. The first-order valence-corrected chi connectivity index (χ1v) is 7.43. The molecule has 126 valence electrons. The molecule has 0 unspecified atom stereocenters. The number of ether oxygens (including phenoxy) is 2. The van der Waals surface area contributed by atoms with Gasteiger partial charge in [-0.15, -0.1) is 0 Å². The van der Waals surface area contributed by atoms with Crippen LogP contribution in [-0.2, 0) is 20.9 Å². The van der Waals surface area contributed by atoms with Crippen molar-refractivity contribution >= 4 is 11.9 Å². The van der Waals surface area contributed by atoms with Crippen LogP contribution < -0.4 is 10.1 Å². The summed E-state index contributed by atoms with van der Waals surface area (Å²) in [5.74, 6) is 0.0508. The molecule has 1 amide bonds. The lowest BCUT2D eigenvalue weighted by Gasteiger charge is -2.21. The zero-order chi connectivity index (χ0) is 16.8. The van der Waals surface area contributed by atoms with E-state index in [1.807, 2.05) is 24.3 Å². The van der Waals surface area contributed by atoms with Crippen molar-refractivity contribution in [2.75, 3.05) is 27.3 Å². The third-order valence-electron chi connectivity index (χ3n) is 3.87. The molecule has 2 N–H and O–H groups in total. The molecule has 1 aliphatic rings. The number of β-amino-alcohol motifs (C(OH)–C–C–N with tert-alkyl or cyclic N) is 1. The number of carbonyl (C=O) groups is 2. The van der Waals surface area contributed by atoms with Crippen molar-refractivity contribution in [1.29, 1.82) is 0 Å². The van der Waals surface area contributed by atoms with Crippen LogP contribution in [0.15, 0.2) is 24.3 Å². The number of aliphatic hydroxyl groups is 1. The summed E-state index contributed by atoms with van der Waals surface area (Å²) in [4.78, 5) is 25.4. The summed E-state index contributed by atoms with van der Waals surface area (Å²) >= 11 is 0. The monoisotopic (exact) mass is 322 g/mol. The maximum atomic E-state index is 12.1. The molecular weight excluding hydrogens is 300 g/mol. The van der Waals surface area contributed by atoms with Crippen LogP contribution in [0.25, 0.3) is 0 Å². The number of nitrogens with one attached hydrogen (secondary N) is 1. The fraction of sp³-hybridized carbons (Fsp3) is 0.500. The average Bonchev–Trinajstić information content (AvgIpc) is 2.92. The molecule has 0 bridgehead atoms. The molecule has 1 aromatic carbocycles. The summed E-state index contributed by atoms with van der Waals surface area (Å²) in [5.41, 5.74) is 0.870. The van der Waals surface area contributed by atoms with Gasteiger partial charge < -0.3 is 19.9 Å². The quantitative estimate of drug-likeness (QED) is 0.712. The Morgan fingerprint density at radius 3 is 2.78 bits per heavy atom.